The Morgan fingerprint density at radius 2 is 1.84 bits per heavy atom. The first-order chi connectivity index (χ1) is 11.9. The molecule has 0 aliphatic rings. The second-order valence-corrected chi connectivity index (χ2v) is 7.11. The van der Waals surface area contributed by atoms with Crippen molar-refractivity contribution >= 4 is 0 Å². The molecule has 0 saturated carbocycles. The first kappa shape index (κ1) is 17.2. The Morgan fingerprint density at radius 3 is 2.48 bits per heavy atom. The fraction of sp³-hybridized carbons (Fsp3) is 0.368. The molecule has 25 heavy (non-hydrogen) atoms. The molecule has 3 aromatic rings. The smallest absolute Gasteiger partial charge is 0.240 e. The van der Waals surface area contributed by atoms with Gasteiger partial charge in [-0.25, -0.2) is 0 Å². The van der Waals surface area contributed by atoms with Crippen LogP contribution in [-0.4, -0.2) is 20.1 Å². The number of furan rings is 1. The van der Waals surface area contributed by atoms with Crippen LogP contribution in [0.4, 0.5) is 0 Å². The highest BCUT2D eigenvalue weighted by Gasteiger charge is 2.22. The van der Waals surface area contributed by atoms with Crippen LogP contribution < -0.4 is 0 Å². The van der Waals surface area contributed by atoms with E-state index >= 15 is 0 Å². The van der Waals surface area contributed by atoms with Crippen LogP contribution in [0.15, 0.2) is 51.6 Å². The van der Waals surface area contributed by atoms with Gasteiger partial charge in [0, 0.05) is 17.5 Å². The summed E-state index contributed by atoms with van der Waals surface area (Å²) in [7, 11) is 0. The second-order valence-electron chi connectivity index (χ2n) is 7.11. The minimum absolute atomic E-state index is 0.161. The molecule has 1 N–H and O–H groups in total. The molecule has 0 spiro atoms. The van der Waals surface area contributed by atoms with Gasteiger partial charge in [-0.15, -0.1) is 0 Å². The van der Waals surface area contributed by atoms with E-state index in [2.05, 4.69) is 15.0 Å². The van der Waals surface area contributed by atoms with Crippen LogP contribution in [0.2, 0.25) is 0 Å². The van der Waals surface area contributed by atoms with Crippen molar-refractivity contribution in [2.75, 3.05) is 0 Å². The van der Waals surface area contributed by atoms with E-state index in [1.807, 2.05) is 51.1 Å². The van der Waals surface area contributed by atoms with Crippen LogP contribution in [0.3, 0.4) is 0 Å². The molecule has 0 saturated heterocycles. The first-order valence-electron chi connectivity index (χ1n) is 8.26. The van der Waals surface area contributed by atoms with Crippen molar-refractivity contribution in [3.05, 3.63) is 65.7 Å². The Balaban J connectivity index is 1.78. The molecular formula is C19H23N3O3. The summed E-state index contributed by atoms with van der Waals surface area (Å²) in [5.74, 6) is 2.34. The van der Waals surface area contributed by atoms with Crippen LogP contribution in [-0.2, 0) is 25.0 Å². The standard InChI is InChI=1S/C19H23N3O3/c1-19(2,3)18-20-17(25-21-18)13-22(12-15-8-6-10-24-15)11-14-7-4-5-9-16(14)23/h4-10,23H,11-13H2,1-3H3. The maximum absolute atomic E-state index is 10.1. The summed E-state index contributed by atoms with van der Waals surface area (Å²) < 4.78 is 10.9. The largest absolute Gasteiger partial charge is 0.508 e. The zero-order valence-corrected chi connectivity index (χ0v) is 14.8. The molecule has 6 nitrogen and oxygen atoms in total. The normalized spacial score (nSPS) is 12.0. The van der Waals surface area contributed by atoms with Gasteiger partial charge in [0.2, 0.25) is 5.89 Å². The van der Waals surface area contributed by atoms with E-state index in [1.165, 1.54) is 0 Å². The van der Waals surface area contributed by atoms with Crippen molar-refractivity contribution in [2.24, 2.45) is 0 Å². The highest BCUT2D eigenvalue weighted by atomic mass is 16.5. The first-order valence-corrected chi connectivity index (χ1v) is 8.26. The van der Waals surface area contributed by atoms with Gasteiger partial charge in [0.05, 0.1) is 19.4 Å². The summed E-state index contributed by atoms with van der Waals surface area (Å²) >= 11 is 0. The zero-order valence-electron chi connectivity index (χ0n) is 14.8. The zero-order chi connectivity index (χ0) is 17.9. The summed E-state index contributed by atoms with van der Waals surface area (Å²) in [6.07, 6.45) is 1.65. The second kappa shape index (κ2) is 7.11. The molecule has 0 aliphatic carbocycles. The Kier molecular flexibility index (Phi) is 4.90. The van der Waals surface area contributed by atoms with E-state index < -0.39 is 0 Å². The topological polar surface area (TPSA) is 75.5 Å². The summed E-state index contributed by atoms with van der Waals surface area (Å²) in [5, 5.41) is 14.1. The van der Waals surface area contributed by atoms with Crippen LogP contribution in [0, 0.1) is 0 Å². The van der Waals surface area contributed by atoms with Gasteiger partial charge in [-0.1, -0.05) is 44.1 Å². The van der Waals surface area contributed by atoms with Crippen LogP contribution in [0.5, 0.6) is 5.75 Å². The van der Waals surface area contributed by atoms with Crippen molar-refractivity contribution in [1.82, 2.24) is 15.0 Å². The Hall–Kier alpha value is -2.60. The van der Waals surface area contributed by atoms with Gasteiger partial charge in [0.15, 0.2) is 5.82 Å². The van der Waals surface area contributed by atoms with Gasteiger partial charge >= 0.3 is 0 Å². The lowest BCUT2D eigenvalue weighted by molar-refractivity contribution is 0.194. The number of benzene rings is 1. The Bertz CT molecular complexity index is 803. The molecular weight excluding hydrogens is 318 g/mol. The molecule has 2 aromatic heterocycles. The Labute approximate surface area is 147 Å². The number of phenolic OH excluding ortho intramolecular Hbond substituents is 1. The number of hydrogen-bond acceptors (Lipinski definition) is 6. The number of para-hydroxylation sites is 1. The molecule has 0 atom stereocenters. The molecule has 0 bridgehead atoms. The lowest BCUT2D eigenvalue weighted by Gasteiger charge is -2.20. The summed E-state index contributed by atoms with van der Waals surface area (Å²) in [6, 6.07) is 11.1. The Morgan fingerprint density at radius 1 is 1.04 bits per heavy atom. The van der Waals surface area contributed by atoms with E-state index in [4.69, 9.17) is 8.94 Å². The molecule has 0 amide bonds. The van der Waals surface area contributed by atoms with Gasteiger partial charge in [0.1, 0.15) is 11.5 Å². The molecule has 0 fully saturated rings. The van der Waals surface area contributed by atoms with Crippen LogP contribution >= 0.6 is 0 Å². The van der Waals surface area contributed by atoms with Gasteiger partial charge < -0.3 is 14.0 Å². The van der Waals surface area contributed by atoms with Gasteiger partial charge in [-0.2, -0.15) is 4.98 Å². The molecule has 0 aliphatic heterocycles. The van der Waals surface area contributed by atoms with Crippen molar-refractivity contribution < 1.29 is 14.0 Å². The van der Waals surface area contributed by atoms with E-state index in [0.29, 0.717) is 31.3 Å². The average Bonchev–Trinajstić information content (AvgIpc) is 3.21. The summed E-state index contributed by atoms with van der Waals surface area (Å²) in [4.78, 5) is 6.59. The third-order valence-electron chi connectivity index (χ3n) is 3.84. The third-order valence-corrected chi connectivity index (χ3v) is 3.84. The molecule has 1 aromatic carbocycles. The lowest BCUT2D eigenvalue weighted by atomic mass is 9.96. The number of aromatic hydroxyl groups is 1. The highest BCUT2D eigenvalue weighted by Crippen LogP contribution is 2.22. The minimum Gasteiger partial charge on any atom is -0.508 e. The fourth-order valence-corrected chi connectivity index (χ4v) is 2.49. The summed E-state index contributed by atoms with van der Waals surface area (Å²) in [5.41, 5.74) is 0.676. The monoisotopic (exact) mass is 341 g/mol. The highest BCUT2D eigenvalue weighted by molar-refractivity contribution is 5.31. The minimum atomic E-state index is -0.161. The number of aromatic nitrogens is 2. The third kappa shape index (κ3) is 4.48. The number of hydrogen-bond donors (Lipinski definition) is 1. The fourth-order valence-electron chi connectivity index (χ4n) is 2.49. The van der Waals surface area contributed by atoms with Gasteiger partial charge in [-0.3, -0.25) is 4.90 Å². The van der Waals surface area contributed by atoms with Crippen molar-refractivity contribution in [1.29, 1.82) is 0 Å². The number of rotatable bonds is 6. The maximum atomic E-state index is 10.1. The maximum Gasteiger partial charge on any atom is 0.240 e. The molecule has 3 rings (SSSR count). The molecule has 2 heterocycles. The SMILES string of the molecule is CC(C)(C)c1noc(CN(Cc2ccco2)Cc2ccccc2O)n1. The summed E-state index contributed by atoms with van der Waals surface area (Å²) in [6.45, 7) is 7.73. The van der Waals surface area contributed by atoms with Crippen molar-refractivity contribution in [3.63, 3.8) is 0 Å². The molecule has 132 valence electrons. The van der Waals surface area contributed by atoms with E-state index in [-0.39, 0.29) is 11.2 Å². The van der Waals surface area contributed by atoms with Crippen molar-refractivity contribution in [2.45, 2.75) is 45.8 Å². The lowest BCUT2D eigenvalue weighted by Crippen LogP contribution is -2.22. The molecule has 0 radical (unpaired) electrons. The quantitative estimate of drug-likeness (QED) is 0.733. The van der Waals surface area contributed by atoms with Crippen LogP contribution in [0.25, 0.3) is 0 Å². The van der Waals surface area contributed by atoms with Gasteiger partial charge in [-0.05, 0) is 18.2 Å². The van der Waals surface area contributed by atoms with E-state index in [1.54, 1.807) is 12.3 Å². The van der Waals surface area contributed by atoms with E-state index in [9.17, 15) is 5.11 Å². The predicted octanol–water partition coefficient (Wildman–Crippen LogP) is 3.87. The number of phenols is 1. The van der Waals surface area contributed by atoms with E-state index in [0.717, 1.165) is 11.3 Å². The molecule has 0 unspecified atom stereocenters. The number of nitrogens with zero attached hydrogens (tertiary/aromatic N) is 3. The van der Waals surface area contributed by atoms with Crippen molar-refractivity contribution in [3.8, 4) is 5.75 Å². The molecule has 6 heteroatoms. The predicted molar refractivity (Wildman–Crippen MR) is 92.8 cm³/mol. The van der Waals surface area contributed by atoms with Crippen LogP contribution in [0.1, 0.15) is 43.8 Å². The average molecular weight is 341 g/mol. The van der Waals surface area contributed by atoms with Gasteiger partial charge in [0.25, 0.3) is 0 Å².